The number of carbonyl (C=O) groups is 1. The molecule has 1 aromatic carbocycles. The Morgan fingerprint density at radius 2 is 1.96 bits per heavy atom. The first kappa shape index (κ1) is 16.8. The summed E-state index contributed by atoms with van der Waals surface area (Å²) in [4.78, 5) is 11.5. The number of amides is 1. The molecule has 0 unspecified atom stereocenters. The Labute approximate surface area is 143 Å². The number of hydrogen-bond acceptors (Lipinski definition) is 5. The van der Waals surface area contributed by atoms with E-state index in [1.54, 1.807) is 24.3 Å². The molecule has 8 heteroatoms. The first-order valence-electron chi connectivity index (χ1n) is 7.93. The summed E-state index contributed by atoms with van der Waals surface area (Å²) in [7, 11) is 0. The van der Waals surface area contributed by atoms with Gasteiger partial charge < -0.3 is 10.1 Å². The van der Waals surface area contributed by atoms with Crippen LogP contribution in [-0.4, -0.2) is 38.9 Å². The zero-order valence-corrected chi connectivity index (χ0v) is 13.9. The number of rotatable bonds is 6. The highest BCUT2D eigenvalue weighted by molar-refractivity contribution is 5.77. The predicted molar refractivity (Wildman–Crippen MR) is 89.5 cm³/mol. The normalized spacial score (nSPS) is 11.0. The highest BCUT2D eigenvalue weighted by Crippen LogP contribution is 2.19. The lowest BCUT2D eigenvalue weighted by molar-refractivity contribution is -0.124. The molecule has 1 N–H and O–H groups in total. The van der Waals surface area contributed by atoms with E-state index in [9.17, 15) is 9.18 Å². The van der Waals surface area contributed by atoms with Gasteiger partial charge in [0.05, 0.1) is 6.54 Å². The van der Waals surface area contributed by atoms with Gasteiger partial charge in [-0.3, -0.25) is 4.79 Å². The van der Waals surface area contributed by atoms with Crippen LogP contribution in [0, 0.1) is 11.7 Å². The number of aromatic nitrogens is 4. The van der Waals surface area contributed by atoms with Gasteiger partial charge in [-0.15, -0.1) is 15.3 Å². The Kier molecular flexibility index (Phi) is 4.87. The summed E-state index contributed by atoms with van der Waals surface area (Å²) >= 11 is 0. The van der Waals surface area contributed by atoms with Crippen LogP contribution in [0.1, 0.15) is 13.8 Å². The molecule has 0 fully saturated rings. The van der Waals surface area contributed by atoms with Crippen LogP contribution < -0.4 is 10.1 Å². The van der Waals surface area contributed by atoms with Crippen molar-refractivity contribution in [2.45, 2.75) is 13.8 Å². The quantitative estimate of drug-likeness (QED) is 0.693. The minimum atomic E-state index is -0.321. The lowest BCUT2D eigenvalue weighted by atomic mass is 10.2. The Morgan fingerprint density at radius 1 is 1.20 bits per heavy atom. The van der Waals surface area contributed by atoms with Gasteiger partial charge in [0.2, 0.25) is 11.8 Å². The third-order valence-corrected chi connectivity index (χ3v) is 3.52. The number of nitrogens with zero attached hydrogens (tertiary/aromatic N) is 4. The smallest absolute Gasteiger partial charge is 0.231 e. The Hall–Kier alpha value is -3.03. The van der Waals surface area contributed by atoms with E-state index < -0.39 is 0 Å². The third kappa shape index (κ3) is 3.90. The standard InChI is InChI=1S/C17H18FN5O2/c1-11(2)17(24)19-9-10-25-15-8-7-14-20-21-16(23(14)22-15)12-3-5-13(18)6-4-12/h3-8,11H,9-10H2,1-2H3,(H,19,24). The summed E-state index contributed by atoms with van der Waals surface area (Å²) in [6.07, 6.45) is 0. The molecule has 0 aliphatic carbocycles. The molecule has 0 aliphatic rings. The van der Waals surface area contributed by atoms with Crippen LogP contribution in [0.25, 0.3) is 17.0 Å². The molecule has 0 saturated heterocycles. The second kappa shape index (κ2) is 7.25. The van der Waals surface area contributed by atoms with Crippen LogP contribution in [0.2, 0.25) is 0 Å². The molecule has 0 atom stereocenters. The first-order chi connectivity index (χ1) is 12.0. The fourth-order valence-electron chi connectivity index (χ4n) is 2.16. The number of carbonyl (C=O) groups excluding carboxylic acids is 1. The van der Waals surface area contributed by atoms with Crippen molar-refractivity contribution in [1.82, 2.24) is 25.1 Å². The number of ether oxygens (including phenoxy) is 1. The maximum absolute atomic E-state index is 13.1. The molecule has 130 valence electrons. The summed E-state index contributed by atoms with van der Waals surface area (Å²) in [5.41, 5.74) is 1.25. The molecule has 0 spiro atoms. The van der Waals surface area contributed by atoms with Crippen LogP contribution in [0.5, 0.6) is 5.88 Å². The zero-order valence-electron chi connectivity index (χ0n) is 13.9. The maximum atomic E-state index is 13.1. The van der Waals surface area contributed by atoms with Gasteiger partial charge in [0.25, 0.3) is 0 Å². The van der Waals surface area contributed by atoms with E-state index in [-0.39, 0.29) is 17.6 Å². The van der Waals surface area contributed by atoms with E-state index in [2.05, 4.69) is 20.6 Å². The van der Waals surface area contributed by atoms with E-state index >= 15 is 0 Å². The molecule has 7 nitrogen and oxygen atoms in total. The molecule has 25 heavy (non-hydrogen) atoms. The van der Waals surface area contributed by atoms with Gasteiger partial charge in [-0.1, -0.05) is 13.8 Å². The molecule has 0 bridgehead atoms. The molecule has 1 amide bonds. The first-order valence-corrected chi connectivity index (χ1v) is 7.93. The molecule has 0 saturated carbocycles. The average Bonchev–Trinajstić information content (AvgIpc) is 3.02. The number of halogens is 1. The van der Waals surface area contributed by atoms with Crippen molar-refractivity contribution >= 4 is 11.6 Å². The van der Waals surface area contributed by atoms with Gasteiger partial charge in [0.15, 0.2) is 11.5 Å². The summed E-state index contributed by atoms with van der Waals surface area (Å²) in [5.74, 6) is 0.468. The number of fused-ring (bicyclic) bond motifs is 1. The summed E-state index contributed by atoms with van der Waals surface area (Å²) in [5, 5.41) is 15.2. The second-order valence-electron chi connectivity index (χ2n) is 5.77. The van der Waals surface area contributed by atoms with Crippen LogP contribution in [0.15, 0.2) is 36.4 Å². The summed E-state index contributed by atoms with van der Waals surface area (Å²) in [6.45, 7) is 4.35. The summed E-state index contributed by atoms with van der Waals surface area (Å²) < 4.78 is 20.2. The number of hydrogen-bond donors (Lipinski definition) is 1. The van der Waals surface area contributed by atoms with Crippen LogP contribution >= 0.6 is 0 Å². The fraction of sp³-hybridized carbons (Fsp3) is 0.294. The molecular weight excluding hydrogens is 325 g/mol. The van der Waals surface area contributed by atoms with Crippen molar-refractivity contribution in [2.75, 3.05) is 13.2 Å². The Morgan fingerprint density at radius 3 is 2.68 bits per heavy atom. The minimum absolute atomic E-state index is 0.0237. The number of benzene rings is 1. The largest absolute Gasteiger partial charge is 0.475 e. The highest BCUT2D eigenvalue weighted by atomic mass is 19.1. The van der Waals surface area contributed by atoms with Crippen molar-refractivity contribution in [3.63, 3.8) is 0 Å². The summed E-state index contributed by atoms with van der Waals surface area (Å²) in [6, 6.07) is 9.35. The molecule has 2 aromatic heterocycles. The van der Waals surface area contributed by atoms with Crippen molar-refractivity contribution in [3.05, 3.63) is 42.2 Å². The monoisotopic (exact) mass is 343 g/mol. The van der Waals surface area contributed by atoms with Crippen LogP contribution in [0.4, 0.5) is 4.39 Å². The third-order valence-electron chi connectivity index (χ3n) is 3.52. The zero-order chi connectivity index (χ0) is 17.8. The Balaban J connectivity index is 1.72. The lowest BCUT2D eigenvalue weighted by Crippen LogP contribution is -2.31. The van der Waals surface area contributed by atoms with Gasteiger partial charge >= 0.3 is 0 Å². The average molecular weight is 343 g/mol. The van der Waals surface area contributed by atoms with Crippen molar-refractivity contribution in [3.8, 4) is 17.3 Å². The van der Waals surface area contributed by atoms with Gasteiger partial charge in [-0.05, 0) is 30.3 Å². The lowest BCUT2D eigenvalue weighted by Gasteiger charge is -2.09. The van der Waals surface area contributed by atoms with Gasteiger partial charge in [-0.25, -0.2) is 4.39 Å². The SMILES string of the molecule is CC(C)C(=O)NCCOc1ccc2nnc(-c3ccc(F)cc3)n2n1. The van der Waals surface area contributed by atoms with Crippen LogP contribution in [0.3, 0.4) is 0 Å². The minimum Gasteiger partial charge on any atom is -0.475 e. The molecule has 2 heterocycles. The van der Waals surface area contributed by atoms with E-state index in [0.717, 1.165) is 0 Å². The van der Waals surface area contributed by atoms with Crippen molar-refractivity contribution < 1.29 is 13.9 Å². The Bertz CT molecular complexity index is 876. The fourth-order valence-corrected chi connectivity index (χ4v) is 2.16. The van der Waals surface area contributed by atoms with Crippen LogP contribution in [-0.2, 0) is 4.79 Å². The van der Waals surface area contributed by atoms with E-state index in [1.807, 2.05) is 13.8 Å². The van der Waals surface area contributed by atoms with E-state index in [4.69, 9.17) is 4.74 Å². The maximum Gasteiger partial charge on any atom is 0.231 e. The predicted octanol–water partition coefficient (Wildman–Crippen LogP) is 2.08. The molecular formula is C17H18FN5O2. The molecule has 0 radical (unpaired) electrons. The van der Waals surface area contributed by atoms with Gasteiger partial charge in [0, 0.05) is 17.5 Å². The topological polar surface area (TPSA) is 81.4 Å². The number of nitrogens with one attached hydrogen (secondary N) is 1. The van der Waals surface area contributed by atoms with E-state index in [1.165, 1.54) is 16.6 Å². The second-order valence-corrected chi connectivity index (χ2v) is 5.77. The van der Waals surface area contributed by atoms with Crippen molar-refractivity contribution in [2.24, 2.45) is 5.92 Å². The van der Waals surface area contributed by atoms with E-state index in [0.29, 0.717) is 36.1 Å². The van der Waals surface area contributed by atoms with Crippen molar-refractivity contribution in [1.29, 1.82) is 0 Å². The van der Waals surface area contributed by atoms with Gasteiger partial charge in [0.1, 0.15) is 12.4 Å². The molecule has 3 rings (SSSR count). The van der Waals surface area contributed by atoms with Gasteiger partial charge in [-0.2, -0.15) is 4.52 Å². The highest BCUT2D eigenvalue weighted by Gasteiger charge is 2.11. The molecule has 0 aliphatic heterocycles. The molecule has 3 aromatic rings.